The molecular weight excluding hydrogens is 188 g/mol. The van der Waals surface area contributed by atoms with E-state index in [0.29, 0.717) is 30.3 Å². The van der Waals surface area contributed by atoms with Gasteiger partial charge in [-0.1, -0.05) is 0 Å². The summed E-state index contributed by atoms with van der Waals surface area (Å²) in [5.74, 6) is 1.30. The van der Waals surface area contributed by atoms with Crippen molar-refractivity contribution in [2.45, 2.75) is 0 Å². The van der Waals surface area contributed by atoms with Gasteiger partial charge >= 0.3 is 0 Å². The van der Waals surface area contributed by atoms with Gasteiger partial charge in [0.2, 0.25) is 5.12 Å². The van der Waals surface area contributed by atoms with Crippen LogP contribution < -0.4 is 9.47 Å². The monoisotopic (exact) mass is 196 g/mol. The fourth-order valence-electron chi connectivity index (χ4n) is 1.18. The van der Waals surface area contributed by atoms with Gasteiger partial charge in [0.05, 0.1) is 0 Å². The molecule has 13 heavy (non-hydrogen) atoms. The number of hydrogen-bond donors (Lipinski definition) is 1. The first-order chi connectivity index (χ1) is 6.27. The Balaban J connectivity index is 2.40. The highest BCUT2D eigenvalue weighted by Crippen LogP contribution is 2.30. The number of rotatable bonds is 1. The van der Waals surface area contributed by atoms with Crippen LogP contribution in [0.15, 0.2) is 18.2 Å². The molecule has 0 aliphatic carbocycles. The summed E-state index contributed by atoms with van der Waals surface area (Å²) in [5.41, 5.74) is 0.521. The van der Waals surface area contributed by atoms with Gasteiger partial charge in [0.1, 0.15) is 13.2 Å². The van der Waals surface area contributed by atoms with Crippen molar-refractivity contribution < 1.29 is 14.3 Å². The van der Waals surface area contributed by atoms with E-state index in [0.717, 1.165) is 0 Å². The Morgan fingerprint density at radius 2 is 1.92 bits per heavy atom. The summed E-state index contributed by atoms with van der Waals surface area (Å²) in [5, 5.41) is -0.267. The molecule has 0 bridgehead atoms. The van der Waals surface area contributed by atoms with Crippen LogP contribution in [-0.4, -0.2) is 18.3 Å². The smallest absolute Gasteiger partial charge is 0.216 e. The van der Waals surface area contributed by atoms with Crippen LogP contribution >= 0.6 is 12.6 Å². The molecule has 2 rings (SSSR count). The van der Waals surface area contributed by atoms with Crippen molar-refractivity contribution >= 4 is 17.7 Å². The Hall–Kier alpha value is -1.16. The molecule has 0 amide bonds. The molecule has 0 saturated carbocycles. The van der Waals surface area contributed by atoms with Gasteiger partial charge in [-0.2, -0.15) is 0 Å². The molecule has 0 unspecified atom stereocenters. The summed E-state index contributed by atoms with van der Waals surface area (Å²) >= 11 is 3.72. The fourth-order valence-corrected chi connectivity index (χ4v) is 1.32. The van der Waals surface area contributed by atoms with Crippen LogP contribution in [0.1, 0.15) is 10.4 Å². The third kappa shape index (κ3) is 1.62. The van der Waals surface area contributed by atoms with Gasteiger partial charge in [0.15, 0.2) is 11.5 Å². The van der Waals surface area contributed by atoms with E-state index < -0.39 is 0 Å². The standard InChI is InChI=1S/C9H8O3S/c10-9(13)6-1-2-7-8(5-6)12-4-3-11-7/h1-2,5H,3-4H2,(H,10,13). The van der Waals surface area contributed by atoms with Crippen molar-refractivity contribution in [2.24, 2.45) is 0 Å². The Bertz CT molecular complexity index is 349. The van der Waals surface area contributed by atoms with Gasteiger partial charge < -0.3 is 9.47 Å². The highest BCUT2D eigenvalue weighted by Gasteiger charge is 2.12. The number of hydrogen-bond acceptors (Lipinski definition) is 3. The van der Waals surface area contributed by atoms with Gasteiger partial charge in [-0.3, -0.25) is 4.79 Å². The molecular formula is C9H8O3S. The number of ether oxygens (including phenoxy) is 2. The minimum absolute atomic E-state index is 0.267. The SMILES string of the molecule is O=C(S)c1ccc2c(c1)OCCO2. The molecule has 3 nitrogen and oxygen atoms in total. The lowest BCUT2D eigenvalue weighted by Crippen LogP contribution is -2.15. The first kappa shape index (κ1) is 8.44. The third-order valence-corrected chi connectivity index (χ3v) is 2.05. The first-order valence-corrected chi connectivity index (χ1v) is 4.35. The molecule has 0 saturated heterocycles. The Labute approximate surface area is 81.1 Å². The lowest BCUT2D eigenvalue weighted by molar-refractivity contribution is 0.109. The predicted octanol–water partition coefficient (Wildman–Crippen LogP) is 1.53. The maximum Gasteiger partial charge on any atom is 0.216 e. The summed E-state index contributed by atoms with van der Waals surface area (Å²) in [7, 11) is 0. The lowest BCUT2D eigenvalue weighted by Gasteiger charge is -2.18. The number of fused-ring (bicyclic) bond motifs is 1. The zero-order chi connectivity index (χ0) is 9.26. The Morgan fingerprint density at radius 3 is 2.62 bits per heavy atom. The van der Waals surface area contributed by atoms with Crippen LogP contribution in [0.4, 0.5) is 0 Å². The maximum absolute atomic E-state index is 10.9. The summed E-state index contributed by atoms with van der Waals surface area (Å²) < 4.78 is 10.6. The van der Waals surface area contributed by atoms with Crippen LogP contribution in [-0.2, 0) is 0 Å². The molecule has 0 radical (unpaired) electrons. The molecule has 1 aromatic rings. The van der Waals surface area contributed by atoms with E-state index in [1.54, 1.807) is 18.2 Å². The van der Waals surface area contributed by atoms with Gasteiger partial charge in [-0.15, -0.1) is 12.6 Å². The molecule has 0 aromatic heterocycles. The summed E-state index contributed by atoms with van der Waals surface area (Å²) in [6.45, 7) is 1.08. The molecule has 68 valence electrons. The molecule has 0 N–H and O–H groups in total. The zero-order valence-corrected chi connectivity index (χ0v) is 7.71. The van der Waals surface area contributed by atoms with Crippen molar-refractivity contribution in [1.29, 1.82) is 0 Å². The quantitative estimate of drug-likeness (QED) is 0.692. The number of benzene rings is 1. The molecule has 0 atom stereocenters. The van der Waals surface area contributed by atoms with Crippen molar-refractivity contribution in [3.8, 4) is 11.5 Å². The van der Waals surface area contributed by atoms with Gasteiger partial charge in [-0.25, -0.2) is 0 Å². The second kappa shape index (κ2) is 3.30. The van der Waals surface area contributed by atoms with Crippen LogP contribution in [0.3, 0.4) is 0 Å². The fraction of sp³-hybridized carbons (Fsp3) is 0.222. The maximum atomic E-state index is 10.9. The average molecular weight is 196 g/mol. The highest BCUT2D eigenvalue weighted by atomic mass is 32.1. The molecule has 0 spiro atoms. The summed E-state index contributed by atoms with van der Waals surface area (Å²) in [6.07, 6.45) is 0. The number of carbonyl (C=O) groups excluding carboxylic acids is 1. The summed E-state index contributed by atoms with van der Waals surface area (Å²) in [6, 6.07) is 5.03. The van der Waals surface area contributed by atoms with Crippen molar-refractivity contribution in [3.63, 3.8) is 0 Å². The van der Waals surface area contributed by atoms with E-state index in [9.17, 15) is 4.79 Å². The second-order valence-corrected chi connectivity index (χ2v) is 3.07. The van der Waals surface area contributed by atoms with Crippen LogP contribution in [0.5, 0.6) is 11.5 Å². The van der Waals surface area contributed by atoms with Gasteiger partial charge in [-0.05, 0) is 18.2 Å². The normalized spacial score (nSPS) is 13.9. The van der Waals surface area contributed by atoms with E-state index >= 15 is 0 Å². The summed E-state index contributed by atoms with van der Waals surface area (Å²) in [4.78, 5) is 10.9. The lowest BCUT2D eigenvalue weighted by atomic mass is 10.2. The van der Waals surface area contributed by atoms with Crippen molar-refractivity contribution in [3.05, 3.63) is 23.8 Å². The Morgan fingerprint density at radius 1 is 1.23 bits per heavy atom. The Kier molecular flexibility index (Phi) is 2.14. The molecule has 1 heterocycles. The van der Waals surface area contributed by atoms with E-state index in [2.05, 4.69) is 12.6 Å². The van der Waals surface area contributed by atoms with Crippen LogP contribution in [0, 0.1) is 0 Å². The van der Waals surface area contributed by atoms with Crippen LogP contribution in [0.2, 0.25) is 0 Å². The molecule has 1 aliphatic rings. The third-order valence-electron chi connectivity index (χ3n) is 1.79. The van der Waals surface area contributed by atoms with E-state index in [-0.39, 0.29) is 5.12 Å². The predicted molar refractivity (Wildman–Crippen MR) is 50.7 cm³/mol. The number of thiol groups is 1. The molecule has 1 aliphatic heterocycles. The first-order valence-electron chi connectivity index (χ1n) is 3.90. The van der Waals surface area contributed by atoms with Crippen molar-refractivity contribution in [1.82, 2.24) is 0 Å². The minimum atomic E-state index is -0.267. The average Bonchev–Trinajstić information content (AvgIpc) is 2.17. The van der Waals surface area contributed by atoms with E-state index in [1.165, 1.54) is 0 Å². The second-order valence-electron chi connectivity index (χ2n) is 2.66. The van der Waals surface area contributed by atoms with Gasteiger partial charge in [0.25, 0.3) is 0 Å². The minimum Gasteiger partial charge on any atom is -0.486 e. The topological polar surface area (TPSA) is 35.5 Å². The molecule has 4 heteroatoms. The zero-order valence-electron chi connectivity index (χ0n) is 6.82. The molecule has 1 aromatic carbocycles. The van der Waals surface area contributed by atoms with Gasteiger partial charge in [0, 0.05) is 5.56 Å². The molecule has 0 fully saturated rings. The largest absolute Gasteiger partial charge is 0.486 e. The highest BCUT2D eigenvalue weighted by molar-refractivity contribution is 7.97. The number of carbonyl (C=O) groups is 1. The van der Waals surface area contributed by atoms with E-state index in [4.69, 9.17) is 9.47 Å². The van der Waals surface area contributed by atoms with Crippen molar-refractivity contribution in [2.75, 3.05) is 13.2 Å². The van der Waals surface area contributed by atoms with Crippen LogP contribution in [0.25, 0.3) is 0 Å². The van der Waals surface area contributed by atoms with E-state index in [1.807, 2.05) is 0 Å².